The van der Waals surface area contributed by atoms with Crippen molar-refractivity contribution in [3.63, 3.8) is 0 Å². The third-order valence-electron chi connectivity index (χ3n) is 2.64. The Hall–Kier alpha value is -1.12. The van der Waals surface area contributed by atoms with E-state index in [9.17, 15) is 0 Å². The van der Waals surface area contributed by atoms with E-state index in [1.54, 1.807) is 0 Å². The number of anilines is 1. The van der Waals surface area contributed by atoms with E-state index in [2.05, 4.69) is 22.2 Å². The standard InChI is InChI=1S/C10H15N3/c1-7-6-11-9(12-8(7)2)13-10(3)4-5-10/h6H,4-5H2,1-3H3,(H,11,12,13). The lowest BCUT2D eigenvalue weighted by Gasteiger charge is -2.11. The number of nitrogens with one attached hydrogen (secondary N) is 1. The summed E-state index contributed by atoms with van der Waals surface area (Å²) in [5.74, 6) is 0.767. The highest BCUT2D eigenvalue weighted by atomic mass is 15.2. The van der Waals surface area contributed by atoms with Crippen LogP contribution in [0.25, 0.3) is 0 Å². The summed E-state index contributed by atoms with van der Waals surface area (Å²) in [7, 11) is 0. The maximum atomic E-state index is 4.38. The van der Waals surface area contributed by atoms with E-state index in [0.29, 0.717) is 0 Å². The minimum Gasteiger partial charge on any atom is -0.349 e. The predicted molar refractivity (Wildman–Crippen MR) is 52.8 cm³/mol. The lowest BCUT2D eigenvalue weighted by Crippen LogP contribution is -2.18. The zero-order valence-electron chi connectivity index (χ0n) is 8.39. The molecule has 3 nitrogen and oxygen atoms in total. The third kappa shape index (κ3) is 1.79. The Balaban J connectivity index is 2.17. The van der Waals surface area contributed by atoms with E-state index in [1.807, 2.05) is 20.0 Å². The summed E-state index contributed by atoms with van der Waals surface area (Å²) >= 11 is 0. The van der Waals surface area contributed by atoms with Gasteiger partial charge < -0.3 is 5.32 Å². The van der Waals surface area contributed by atoms with Crippen molar-refractivity contribution in [3.8, 4) is 0 Å². The molecule has 0 saturated heterocycles. The Kier molecular flexibility index (Phi) is 1.75. The second-order valence-corrected chi connectivity index (χ2v) is 4.15. The van der Waals surface area contributed by atoms with Crippen molar-refractivity contribution in [2.24, 2.45) is 0 Å². The molecule has 0 radical (unpaired) electrons. The van der Waals surface area contributed by atoms with Crippen LogP contribution in [-0.4, -0.2) is 15.5 Å². The monoisotopic (exact) mass is 177 g/mol. The Bertz CT molecular complexity index is 329. The van der Waals surface area contributed by atoms with E-state index in [1.165, 1.54) is 12.8 Å². The second kappa shape index (κ2) is 2.69. The quantitative estimate of drug-likeness (QED) is 0.751. The second-order valence-electron chi connectivity index (χ2n) is 4.15. The van der Waals surface area contributed by atoms with Gasteiger partial charge in [-0.1, -0.05) is 0 Å². The van der Waals surface area contributed by atoms with Crippen LogP contribution >= 0.6 is 0 Å². The van der Waals surface area contributed by atoms with Gasteiger partial charge in [0.2, 0.25) is 5.95 Å². The molecule has 13 heavy (non-hydrogen) atoms. The fourth-order valence-electron chi connectivity index (χ4n) is 1.17. The van der Waals surface area contributed by atoms with Crippen LogP contribution in [-0.2, 0) is 0 Å². The fourth-order valence-corrected chi connectivity index (χ4v) is 1.17. The van der Waals surface area contributed by atoms with Gasteiger partial charge in [0.05, 0.1) is 0 Å². The molecule has 1 fully saturated rings. The molecule has 1 N–H and O–H groups in total. The molecule has 1 aliphatic rings. The van der Waals surface area contributed by atoms with Gasteiger partial charge in [-0.2, -0.15) is 0 Å². The number of aryl methyl sites for hydroxylation is 2. The average molecular weight is 177 g/mol. The highest BCUT2D eigenvalue weighted by molar-refractivity contribution is 5.34. The van der Waals surface area contributed by atoms with Crippen molar-refractivity contribution >= 4 is 5.95 Å². The maximum Gasteiger partial charge on any atom is 0.223 e. The van der Waals surface area contributed by atoms with Crippen LogP contribution in [0.15, 0.2) is 6.20 Å². The van der Waals surface area contributed by atoms with Gasteiger partial charge in [-0.05, 0) is 39.2 Å². The van der Waals surface area contributed by atoms with Crippen LogP contribution in [0.3, 0.4) is 0 Å². The summed E-state index contributed by atoms with van der Waals surface area (Å²) in [6.07, 6.45) is 4.32. The summed E-state index contributed by atoms with van der Waals surface area (Å²) in [4.78, 5) is 8.62. The number of hydrogen-bond acceptors (Lipinski definition) is 3. The van der Waals surface area contributed by atoms with Gasteiger partial charge >= 0.3 is 0 Å². The van der Waals surface area contributed by atoms with Gasteiger partial charge in [0.25, 0.3) is 0 Å². The molecule has 3 heteroatoms. The van der Waals surface area contributed by atoms with E-state index in [-0.39, 0.29) is 5.54 Å². The molecule has 0 aromatic carbocycles. The third-order valence-corrected chi connectivity index (χ3v) is 2.64. The zero-order valence-corrected chi connectivity index (χ0v) is 8.39. The van der Waals surface area contributed by atoms with Crippen LogP contribution < -0.4 is 5.32 Å². The minimum absolute atomic E-state index is 0.266. The topological polar surface area (TPSA) is 37.8 Å². The number of nitrogens with zero attached hydrogens (tertiary/aromatic N) is 2. The Morgan fingerprint density at radius 1 is 1.38 bits per heavy atom. The summed E-state index contributed by atoms with van der Waals surface area (Å²) in [5.41, 5.74) is 2.47. The molecule has 0 spiro atoms. The molecule has 1 heterocycles. The summed E-state index contributed by atoms with van der Waals surface area (Å²) in [6, 6.07) is 0. The van der Waals surface area contributed by atoms with E-state index < -0.39 is 0 Å². The van der Waals surface area contributed by atoms with E-state index >= 15 is 0 Å². The number of rotatable bonds is 2. The van der Waals surface area contributed by atoms with E-state index in [0.717, 1.165) is 17.2 Å². The van der Waals surface area contributed by atoms with Crippen molar-refractivity contribution in [2.45, 2.75) is 39.2 Å². The van der Waals surface area contributed by atoms with Crippen molar-refractivity contribution in [1.29, 1.82) is 0 Å². The average Bonchev–Trinajstić information content (AvgIpc) is 2.76. The molecule has 0 atom stereocenters. The smallest absolute Gasteiger partial charge is 0.223 e. The molecule has 1 saturated carbocycles. The zero-order chi connectivity index (χ0) is 9.47. The van der Waals surface area contributed by atoms with Crippen LogP contribution in [0.5, 0.6) is 0 Å². The highest BCUT2D eigenvalue weighted by Gasteiger charge is 2.37. The van der Waals surface area contributed by atoms with Gasteiger partial charge in [-0.3, -0.25) is 0 Å². The van der Waals surface area contributed by atoms with Gasteiger partial charge in [-0.25, -0.2) is 9.97 Å². The molecule has 1 aliphatic carbocycles. The summed E-state index contributed by atoms with van der Waals surface area (Å²) in [5, 5.41) is 3.34. The molecule has 0 bridgehead atoms. The first-order valence-electron chi connectivity index (χ1n) is 4.67. The Morgan fingerprint density at radius 3 is 2.62 bits per heavy atom. The lowest BCUT2D eigenvalue weighted by atomic mass is 10.3. The van der Waals surface area contributed by atoms with Crippen molar-refractivity contribution in [3.05, 3.63) is 17.5 Å². The van der Waals surface area contributed by atoms with E-state index in [4.69, 9.17) is 0 Å². The SMILES string of the molecule is Cc1cnc(NC2(C)CC2)nc1C. The molecule has 0 unspecified atom stereocenters. The maximum absolute atomic E-state index is 4.38. The van der Waals surface area contributed by atoms with Crippen LogP contribution in [0.1, 0.15) is 31.0 Å². The highest BCUT2D eigenvalue weighted by Crippen LogP contribution is 2.37. The molecular formula is C10H15N3. The molecule has 0 aliphatic heterocycles. The van der Waals surface area contributed by atoms with Gasteiger partial charge in [0.1, 0.15) is 0 Å². The largest absolute Gasteiger partial charge is 0.349 e. The first-order chi connectivity index (χ1) is 6.09. The molecule has 70 valence electrons. The minimum atomic E-state index is 0.266. The van der Waals surface area contributed by atoms with Gasteiger partial charge in [0.15, 0.2) is 0 Å². The normalized spacial score (nSPS) is 18.4. The fraction of sp³-hybridized carbons (Fsp3) is 0.600. The molecule has 1 aromatic heterocycles. The molecule has 0 amide bonds. The lowest BCUT2D eigenvalue weighted by molar-refractivity contribution is 0.806. The van der Waals surface area contributed by atoms with Gasteiger partial charge in [-0.15, -0.1) is 0 Å². The predicted octanol–water partition coefficient (Wildman–Crippen LogP) is 2.06. The Labute approximate surface area is 78.6 Å². The number of aromatic nitrogens is 2. The molecule has 2 rings (SSSR count). The molecule has 1 aromatic rings. The van der Waals surface area contributed by atoms with Crippen LogP contribution in [0.4, 0.5) is 5.95 Å². The van der Waals surface area contributed by atoms with Crippen molar-refractivity contribution in [1.82, 2.24) is 9.97 Å². The van der Waals surface area contributed by atoms with Crippen molar-refractivity contribution < 1.29 is 0 Å². The van der Waals surface area contributed by atoms with Crippen molar-refractivity contribution in [2.75, 3.05) is 5.32 Å². The van der Waals surface area contributed by atoms with Crippen LogP contribution in [0.2, 0.25) is 0 Å². The Morgan fingerprint density at radius 2 is 2.08 bits per heavy atom. The number of hydrogen-bond donors (Lipinski definition) is 1. The van der Waals surface area contributed by atoms with Gasteiger partial charge in [0, 0.05) is 17.4 Å². The van der Waals surface area contributed by atoms with Crippen LogP contribution in [0, 0.1) is 13.8 Å². The first kappa shape index (κ1) is 8.48. The summed E-state index contributed by atoms with van der Waals surface area (Å²) in [6.45, 7) is 6.24. The molecular weight excluding hydrogens is 162 g/mol. The summed E-state index contributed by atoms with van der Waals surface area (Å²) < 4.78 is 0. The first-order valence-corrected chi connectivity index (χ1v) is 4.67.